The van der Waals surface area contributed by atoms with Crippen molar-refractivity contribution in [2.45, 2.75) is 33.1 Å². The second-order valence-corrected chi connectivity index (χ2v) is 5.78. The van der Waals surface area contributed by atoms with Crippen LogP contribution in [0.15, 0.2) is 18.2 Å². The van der Waals surface area contributed by atoms with Gasteiger partial charge in [0.2, 0.25) is 0 Å². The minimum absolute atomic E-state index is 0.0834. The monoisotopic (exact) mass is 270 g/mol. The first-order valence-corrected chi connectivity index (χ1v) is 6.86. The lowest BCUT2D eigenvalue weighted by Crippen LogP contribution is -2.15. The molecule has 0 unspecified atom stereocenters. The molecule has 0 aliphatic carbocycles. The van der Waals surface area contributed by atoms with E-state index in [2.05, 4.69) is 45.9 Å². The Bertz CT molecular complexity index is 369. The number of ether oxygens (including phenoxy) is 2. The molecule has 0 N–H and O–H groups in total. The molecule has 0 aromatic heterocycles. The second kappa shape index (κ2) is 7.01. The van der Waals surface area contributed by atoms with Crippen molar-refractivity contribution in [3.63, 3.8) is 0 Å². The molecule has 0 radical (unpaired) electrons. The van der Waals surface area contributed by atoms with Gasteiger partial charge in [0, 0.05) is 5.88 Å². The van der Waals surface area contributed by atoms with Gasteiger partial charge in [-0.1, -0.05) is 32.9 Å². The van der Waals surface area contributed by atoms with E-state index in [1.165, 1.54) is 11.1 Å². The van der Waals surface area contributed by atoms with Crippen LogP contribution in [0.5, 0.6) is 5.75 Å². The normalized spacial score (nSPS) is 11.6. The summed E-state index contributed by atoms with van der Waals surface area (Å²) in [5, 5.41) is 0. The van der Waals surface area contributed by atoms with Crippen LogP contribution in [-0.2, 0) is 10.2 Å². The smallest absolute Gasteiger partial charge is 0.123 e. The van der Waals surface area contributed by atoms with Gasteiger partial charge >= 0.3 is 0 Å². The number of hydrogen-bond acceptors (Lipinski definition) is 2. The van der Waals surface area contributed by atoms with Crippen LogP contribution in [0.1, 0.15) is 31.9 Å². The van der Waals surface area contributed by atoms with Crippen LogP contribution in [0.4, 0.5) is 0 Å². The lowest BCUT2D eigenvalue weighted by Gasteiger charge is -2.23. The lowest BCUT2D eigenvalue weighted by molar-refractivity contribution is 0.110. The highest BCUT2D eigenvalue weighted by Gasteiger charge is 2.18. The Labute approximate surface area is 115 Å². The summed E-state index contributed by atoms with van der Waals surface area (Å²) in [6, 6.07) is 6.35. The Hall–Kier alpha value is -0.730. The van der Waals surface area contributed by atoms with E-state index in [9.17, 15) is 0 Å². The van der Waals surface area contributed by atoms with Crippen molar-refractivity contribution in [1.82, 2.24) is 0 Å². The molecule has 2 nitrogen and oxygen atoms in total. The molecule has 0 spiro atoms. The van der Waals surface area contributed by atoms with Gasteiger partial charge in [0.1, 0.15) is 12.4 Å². The van der Waals surface area contributed by atoms with E-state index in [0.717, 1.165) is 5.75 Å². The zero-order chi connectivity index (χ0) is 13.6. The molecule has 0 aliphatic rings. The first kappa shape index (κ1) is 15.3. The van der Waals surface area contributed by atoms with Crippen LogP contribution in [-0.4, -0.2) is 25.7 Å². The molecule has 0 saturated heterocycles. The molecule has 0 amide bonds. The maximum Gasteiger partial charge on any atom is 0.123 e. The fourth-order valence-corrected chi connectivity index (χ4v) is 1.84. The maximum atomic E-state index is 5.82. The number of hydrogen-bond donors (Lipinski definition) is 0. The molecule has 0 saturated carbocycles. The summed E-state index contributed by atoms with van der Waals surface area (Å²) in [7, 11) is 0. The van der Waals surface area contributed by atoms with Gasteiger partial charge in [-0.2, -0.15) is 0 Å². The van der Waals surface area contributed by atoms with Crippen molar-refractivity contribution in [2.75, 3.05) is 25.7 Å². The Kier molecular flexibility index (Phi) is 5.97. The SMILES string of the molecule is Cc1ccc(C(C)(C)C)c(OCCOCCCl)c1. The molecule has 0 fully saturated rings. The molecule has 0 aliphatic heterocycles. The second-order valence-electron chi connectivity index (χ2n) is 5.40. The van der Waals surface area contributed by atoms with Crippen molar-refractivity contribution in [3.05, 3.63) is 29.3 Å². The van der Waals surface area contributed by atoms with Crippen molar-refractivity contribution in [2.24, 2.45) is 0 Å². The lowest BCUT2D eigenvalue weighted by atomic mass is 9.86. The van der Waals surface area contributed by atoms with E-state index < -0.39 is 0 Å². The van der Waals surface area contributed by atoms with E-state index in [1.807, 2.05) is 0 Å². The summed E-state index contributed by atoms with van der Waals surface area (Å²) in [5.74, 6) is 1.48. The van der Waals surface area contributed by atoms with E-state index in [-0.39, 0.29) is 5.41 Å². The average Bonchev–Trinajstić information content (AvgIpc) is 2.27. The number of rotatable bonds is 6. The van der Waals surface area contributed by atoms with Gasteiger partial charge in [0.25, 0.3) is 0 Å². The zero-order valence-corrected chi connectivity index (χ0v) is 12.5. The molecule has 0 heterocycles. The van der Waals surface area contributed by atoms with Gasteiger partial charge in [0.15, 0.2) is 0 Å². The molecule has 102 valence electrons. The molecule has 0 atom stereocenters. The van der Waals surface area contributed by atoms with Crippen LogP contribution >= 0.6 is 11.6 Å². The van der Waals surface area contributed by atoms with Crippen molar-refractivity contribution in [1.29, 1.82) is 0 Å². The van der Waals surface area contributed by atoms with Crippen LogP contribution in [0.3, 0.4) is 0 Å². The third-order valence-corrected chi connectivity index (χ3v) is 2.81. The zero-order valence-electron chi connectivity index (χ0n) is 11.8. The highest BCUT2D eigenvalue weighted by atomic mass is 35.5. The van der Waals surface area contributed by atoms with E-state index in [4.69, 9.17) is 21.1 Å². The molecule has 1 aromatic carbocycles. The Morgan fingerprint density at radius 3 is 2.44 bits per heavy atom. The molecule has 0 bridgehead atoms. The number of halogens is 1. The molecule has 1 aromatic rings. The largest absolute Gasteiger partial charge is 0.491 e. The Morgan fingerprint density at radius 2 is 1.83 bits per heavy atom. The van der Waals surface area contributed by atoms with Gasteiger partial charge in [-0.25, -0.2) is 0 Å². The van der Waals surface area contributed by atoms with Crippen molar-refractivity contribution in [3.8, 4) is 5.75 Å². The Morgan fingerprint density at radius 1 is 1.11 bits per heavy atom. The van der Waals surface area contributed by atoms with Gasteiger partial charge in [-0.3, -0.25) is 0 Å². The summed E-state index contributed by atoms with van der Waals surface area (Å²) in [6.45, 7) is 10.3. The molecule has 18 heavy (non-hydrogen) atoms. The van der Waals surface area contributed by atoms with Crippen LogP contribution in [0.25, 0.3) is 0 Å². The molecule has 3 heteroatoms. The third-order valence-electron chi connectivity index (χ3n) is 2.65. The van der Waals surface area contributed by atoms with Crippen LogP contribution < -0.4 is 4.74 Å². The van der Waals surface area contributed by atoms with E-state index in [1.54, 1.807) is 0 Å². The summed E-state index contributed by atoms with van der Waals surface area (Å²) < 4.78 is 11.1. The summed E-state index contributed by atoms with van der Waals surface area (Å²) >= 11 is 5.54. The maximum absolute atomic E-state index is 5.82. The van der Waals surface area contributed by atoms with E-state index in [0.29, 0.717) is 25.7 Å². The highest BCUT2D eigenvalue weighted by molar-refractivity contribution is 6.17. The number of benzene rings is 1. The van der Waals surface area contributed by atoms with Gasteiger partial charge in [0.05, 0.1) is 13.2 Å². The van der Waals surface area contributed by atoms with Crippen LogP contribution in [0, 0.1) is 6.92 Å². The predicted molar refractivity (Wildman–Crippen MR) is 76.9 cm³/mol. The van der Waals surface area contributed by atoms with Gasteiger partial charge in [-0.15, -0.1) is 11.6 Å². The number of aryl methyl sites for hydroxylation is 1. The highest BCUT2D eigenvalue weighted by Crippen LogP contribution is 2.31. The first-order chi connectivity index (χ1) is 8.45. The first-order valence-electron chi connectivity index (χ1n) is 6.33. The minimum Gasteiger partial charge on any atom is -0.491 e. The van der Waals surface area contributed by atoms with Crippen molar-refractivity contribution < 1.29 is 9.47 Å². The third kappa shape index (κ3) is 4.87. The van der Waals surface area contributed by atoms with Crippen molar-refractivity contribution >= 4 is 11.6 Å². The Balaban J connectivity index is 2.65. The minimum atomic E-state index is 0.0834. The number of alkyl halides is 1. The van der Waals surface area contributed by atoms with Gasteiger partial charge in [-0.05, 0) is 29.5 Å². The predicted octanol–water partition coefficient (Wildman–Crippen LogP) is 3.93. The molecule has 1 rings (SSSR count). The molecular weight excluding hydrogens is 248 g/mol. The quantitative estimate of drug-likeness (QED) is 0.576. The topological polar surface area (TPSA) is 18.5 Å². The molecular formula is C15H23ClO2. The fraction of sp³-hybridized carbons (Fsp3) is 0.600. The van der Waals surface area contributed by atoms with Crippen LogP contribution in [0.2, 0.25) is 0 Å². The van der Waals surface area contributed by atoms with E-state index >= 15 is 0 Å². The summed E-state index contributed by atoms with van der Waals surface area (Å²) in [4.78, 5) is 0. The summed E-state index contributed by atoms with van der Waals surface area (Å²) in [5.41, 5.74) is 2.52. The summed E-state index contributed by atoms with van der Waals surface area (Å²) in [6.07, 6.45) is 0. The standard InChI is InChI=1S/C15H23ClO2/c1-12-5-6-13(15(2,3)4)14(11-12)18-10-9-17-8-7-16/h5-6,11H,7-10H2,1-4H3. The fourth-order valence-electron chi connectivity index (χ4n) is 1.74. The van der Waals surface area contributed by atoms with Gasteiger partial charge < -0.3 is 9.47 Å². The average molecular weight is 271 g/mol.